The summed E-state index contributed by atoms with van der Waals surface area (Å²) in [5.74, 6) is -23.9. The highest BCUT2D eigenvalue weighted by atomic mass is 19.2. The first-order valence-corrected chi connectivity index (χ1v) is 9.02. The van der Waals surface area contributed by atoms with Gasteiger partial charge in [-0.1, -0.05) is 0 Å². The fraction of sp³-hybridized carbons (Fsp3) is 0.143. The Kier molecular flexibility index (Phi) is 6.25. The van der Waals surface area contributed by atoms with E-state index in [2.05, 4.69) is 0 Å². The van der Waals surface area contributed by atoms with Crippen molar-refractivity contribution in [2.24, 2.45) is 0 Å². The Morgan fingerprint density at radius 1 is 0.424 bits per heavy atom. The molecule has 0 saturated carbocycles. The number of benzene rings is 3. The molecular weight excluding hydrogens is 472 g/mol. The van der Waals surface area contributed by atoms with E-state index in [4.69, 9.17) is 0 Å². The second-order valence-electron chi connectivity index (χ2n) is 7.24. The number of halogens is 11. The second kappa shape index (κ2) is 8.38. The zero-order chi connectivity index (χ0) is 25.1. The summed E-state index contributed by atoms with van der Waals surface area (Å²) < 4.78 is 160. The van der Waals surface area contributed by atoms with Crippen molar-refractivity contribution in [3.05, 3.63) is 86.7 Å². The molecule has 0 aliphatic heterocycles. The highest BCUT2D eigenvalue weighted by Gasteiger charge is 2.42. The van der Waals surface area contributed by atoms with E-state index in [-0.39, 0.29) is 6.07 Å². The summed E-state index contributed by atoms with van der Waals surface area (Å²) in [6.07, 6.45) is 0. The van der Waals surface area contributed by atoms with Crippen LogP contribution in [0, 0.1) is 84.8 Å². The van der Waals surface area contributed by atoms with Gasteiger partial charge in [0.1, 0.15) is 5.82 Å². The Bertz CT molecular complexity index is 1190. The third-order valence-electron chi connectivity index (χ3n) is 5.28. The van der Waals surface area contributed by atoms with Crippen LogP contribution >= 0.6 is 0 Å². The van der Waals surface area contributed by atoms with Gasteiger partial charge in [-0.2, -0.15) is 0 Å². The lowest BCUT2D eigenvalue weighted by atomic mass is 9.35. The fourth-order valence-corrected chi connectivity index (χ4v) is 3.45. The molecule has 0 saturated heterocycles. The molecule has 0 amide bonds. The van der Waals surface area contributed by atoms with Gasteiger partial charge in [0.2, 0.25) is 0 Å². The van der Waals surface area contributed by atoms with E-state index in [9.17, 15) is 48.3 Å². The van der Waals surface area contributed by atoms with Gasteiger partial charge in [0.05, 0.1) is 0 Å². The summed E-state index contributed by atoms with van der Waals surface area (Å²) >= 11 is 0. The Morgan fingerprint density at radius 3 is 1.06 bits per heavy atom. The molecule has 3 rings (SSSR count). The molecule has 0 fully saturated rings. The molecule has 0 radical (unpaired) electrons. The van der Waals surface area contributed by atoms with E-state index in [1.165, 1.54) is 0 Å². The molecule has 12 heteroatoms. The van der Waals surface area contributed by atoms with Crippen molar-refractivity contribution in [3.63, 3.8) is 0 Å². The molecule has 0 nitrogen and oxygen atoms in total. The molecule has 0 unspecified atom stereocenters. The van der Waals surface area contributed by atoms with Crippen molar-refractivity contribution in [2.75, 3.05) is 0 Å². The maximum Gasteiger partial charge on any atom is 0.264 e. The number of hydrogen-bond donors (Lipinski definition) is 0. The highest BCUT2D eigenvalue weighted by molar-refractivity contribution is 6.95. The minimum atomic E-state index is -3.21. The normalized spacial score (nSPS) is 11.3. The second-order valence-corrected chi connectivity index (χ2v) is 7.24. The topological polar surface area (TPSA) is 0 Å². The minimum Gasteiger partial charge on any atom is -0.207 e. The van der Waals surface area contributed by atoms with Crippen LogP contribution in [0.5, 0.6) is 0 Å². The molecule has 0 aromatic heterocycles. The predicted molar refractivity (Wildman–Crippen MR) is 97.7 cm³/mol. The monoisotopic (exact) mass is 482 g/mol. The van der Waals surface area contributed by atoms with Crippen molar-refractivity contribution in [3.8, 4) is 0 Å². The number of rotatable bonds is 3. The van der Waals surface area contributed by atoms with Gasteiger partial charge >= 0.3 is 0 Å². The molecule has 33 heavy (non-hydrogen) atoms. The van der Waals surface area contributed by atoms with Crippen LogP contribution in [0.15, 0.2) is 6.07 Å². The van der Waals surface area contributed by atoms with Gasteiger partial charge in [-0.05, 0) is 32.4 Å². The van der Waals surface area contributed by atoms with E-state index in [1.807, 2.05) is 0 Å². The van der Waals surface area contributed by atoms with E-state index >= 15 is 0 Å². The summed E-state index contributed by atoms with van der Waals surface area (Å²) in [4.78, 5) is 0. The molecule has 0 aliphatic rings. The molecular formula is C21H10BF11. The van der Waals surface area contributed by atoms with Crippen LogP contribution in [0.4, 0.5) is 48.3 Å². The third-order valence-corrected chi connectivity index (χ3v) is 5.28. The largest absolute Gasteiger partial charge is 0.264 e. The maximum absolute atomic E-state index is 14.8. The predicted octanol–water partition coefficient (Wildman–Crippen LogP) is 4.66. The SMILES string of the molecule is Cc1cc(F)c(B(c2c(F)c(F)c(C)c(F)c2F)c2c(F)c(F)c(C)c(F)c2F)c(F)c1F. The van der Waals surface area contributed by atoms with E-state index in [0.717, 1.165) is 6.92 Å². The van der Waals surface area contributed by atoms with Gasteiger partial charge in [0.25, 0.3) is 6.71 Å². The Balaban J connectivity index is 2.64. The van der Waals surface area contributed by atoms with E-state index in [0.29, 0.717) is 13.8 Å². The van der Waals surface area contributed by atoms with Gasteiger partial charge < -0.3 is 0 Å². The van der Waals surface area contributed by atoms with Crippen LogP contribution in [0.2, 0.25) is 0 Å². The van der Waals surface area contributed by atoms with Crippen LogP contribution in [-0.4, -0.2) is 6.71 Å². The van der Waals surface area contributed by atoms with Crippen molar-refractivity contribution in [1.29, 1.82) is 0 Å². The van der Waals surface area contributed by atoms with Crippen LogP contribution in [0.3, 0.4) is 0 Å². The Morgan fingerprint density at radius 2 is 0.727 bits per heavy atom. The molecule has 174 valence electrons. The first kappa shape index (κ1) is 24.6. The Hall–Kier alpha value is -3.05. The molecule has 3 aromatic carbocycles. The molecule has 0 atom stereocenters. The van der Waals surface area contributed by atoms with Crippen LogP contribution in [-0.2, 0) is 0 Å². The number of aryl methyl sites for hydroxylation is 1. The summed E-state index contributed by atoms with van der Waals surface area (Å²) in [7, 11) is 0. The van der Waals surface area contributed by atoms with Crippen molar-refractivity contribution in [2.45, 2.75) is 20.8 Å². The first-order valence-electron chi connectivity index (χ1n) is 9.02. The molecule has 0 spiro atoms. The molecule has 0 N–H and O–H groups in total. The first-order chi connectivity index (χ1) is 15.2. The molecule has 0 heterocycles. The third kappa shape index (κ3) is 3.55. The van der Waals surface area contributed by atoms with Crippen molar-refractivity contribution >= 4 is 23.1 Å². The van der Waals surface area contributed by atoms with Crippen LogP contribution in [0.1, 0.15) is 16.7 Å². The van der Waals surface area contributed by atoms with Crippen molar-refractivity contribution < 1.29 is 48.3 Å². The average molecular weight is 482 g/mol. The van der Waals surface area contributed by atoms with Gasteiger partial charge in [0.15, 0.2) is 58.2 Å². The van der Waals surface area contributed by atoms with Gasteiger partial charge in [0, 0.05) is 27.5 Å². The van der Waals surface area contributed by atoms with E-state index < -0.39 is 104 Å². The molecule has 0 bridgehead atoms. The summed E-state index contributed by atoms with van der Waals surface area (Å²) in [6.45, 7) is -1.20. The van der Waals surface area contributed by atoms with Gasteiger partial charge in [-0.15, -0.1) is 0 Å². The van der Waals surface area contributed by atoms with Gasteiger partial charge in [-0.25, -0.2) is 48.3 Å². The average Bonchev–Trinajstić information content (AvgIpc) is 2.77. The molecule has 0 aliphatic carbocycles. The van der Waals surface area contributed by atoms with Crippen LogP contribution < -0.4 is 16.4 Å². The lowest BCUT2D eigenvalue weighted by Crippen LogP contribution is -2.60. The van der Waals surface area contributed by atoms with E-state index in [1.54, 1.807) is 0 Å². The maximum atomic E-state index is 14.8. The summed E-state index contributed by atoms with van der Waals surface area (Å²) in [5.41, 5.74) is -9.08. The van der Waals surface area contributed by atoms with Gasteiger partial charge in [-0.3, -0.25) is 0 Å². The summed E-state index contributed by atoms with van der Waals surface area (Å²) in [6, 6.07) is 0.258. The summed E-state index contributed by atoms with van der Waals surface area (Å²) in [5, 5.41) is 0. The zero-order valence-electron chi connectivity index (χ0n) is 16.8. The lowest BCUT2D eigenvalue weighted by molar-refractivity contribution is 0.450. The van der Waals surface area contributed by atoms with Crippen LogP contribution in [0.25, 0.3) is 0 Å². The zero-order valence-corrected chi connectivity index (χ0v) is 16.8. The minimum absolute atomic E-state index is 0.258. The fourth-order valence-electron chi connectivity index (χ4n) is 3.45. The standard InChI is InChI=1S/C21H10BF11/c1-5-4-8(23)9(17(29)12(5)24)22(10-18(30)13(25)6(2)14(26)19(10)31)11-20(32)15(27)7(3)16(28)21(11)33/h4H,1-3H3. The molecule has 3 aromatic rings. The highest BCUT2D eigenvalue weighted by Crippen LogP contribution is 2.23. The number of hydrogen-bond acceptors (Lipinski definition) is 0. The quantitative estimate of drug-likeness (QED) is 0.290. The Labute approximate surface area is 179 Å². The lowest BCUT2D eigenvalue weighted by Gasteiger charge is -2.22. The van der Waals surface area contributed by atoms with Crippen molar-refractivity contribution in [1.82, 2.24) is 0 Å². The smallest absolute Gasteiger partial charge is 0.207 e.